The minimum atomic E-state index is 0. The first-order valence-electron chi connectivity index (χ1n) is 9.57. The second-order valence-electron chi connectivity index (χ2n) is 6.84. The molecule has 2 N–H and O–H groups in total. The van der Waals surface area contributed by atoms with Crippen LogP contribution in [-0.2, 0) is 11.3 Å². The van der Waals surface area contributed by atoms with Gasteiger partial charge < -0.3 is 25.0 Å². The highest BCUT2D eigenvalue weighted by molar-refractivity contribution is 14.0. The van der Waals surface area contributed by atoms with Crippen LogP contribution in [0.3, 0.4) is 0 Å². The van der Waals surface area contributed by atoms with Crippen molar-refractivity contribution in [2.24, 2.45) is 4.99 Å². The maximum Gasteiger partial charge on any atom is 0.191 e. The van der Waals surface area contributed by atoms with Gasteiger partial charge in [0, 0.05) is 39.8 Å². The second-order valence-corrected chi connectivity index (χ2v) is 6.84. The average Bonchev–Trinajstić information content (AvgIpc) is 3.17. The molecule has 0 atom stereocenters. The van der Waals surface area contributed by atoms with Gasteiger partial charge in [0.25, 0.3) is 0 Å². The number of likely N-dealkylation sites (N-methyl/N-ethyl adjacent to an activating group) is 1. The first-order valence-corrected chi connectivity index (χ1v) is 9.57. The van der Waals surface area contributed by atoms with Crippen LogP contribution in [0.25, 0.3) is 0 Å². The number of benzene rings is 1. The van der Waals surface area contributed by atoms with E-state index in [0.717, 1.165) is 38.0 Å². The van der Waals surface area contributed by atoms with Gasteiger partial charge in [-0.05, 0) is 37.6 Å². The summed E-state index contributed by atoms with van der Waals surface area (Å²) < 4.78 is 11.0. The Bertz CT molecular complexity index is 551. The van der Waals surface area contributed by atoms with Gasteiger partial charge in [0.2, 0.25) is 0 Å². The van der Waals surface area contributed by atoms with E-state index in [1.54, 1.807) is 7.11 Å². The van der Waals surface area contributed by atoms with Crippen LogP contribution in [0.15, 0.2) is 29.3 Å². The normalized spacial score (nSPS) is 14.9. The maximum absolute atomic E-state index is 5.88. The molecule has 0 spiro atoms. The molecule has 27 heavy (non-hydrogen) atoms. The van der Waals surface area contributed by atoms with Crippen LogP contribution in [0, 0.1) is 0 Å². The van der Waals surface area contributed by atoms with E-state index >= 15 is 0 Å². The van der Waals surface area contributed by atoms with Crippen molar-refractivity contribution in [1.29, 1.82) is 0 Å². The molecule has 154 valence electrons. The number of methoxy groups -OCH3 is 1. The molecule has 1 fully saturated rings. The van der Waals surface area contributed by atoms with Crippen LogP contribution in [0.5, 0.6) is 5.75 Å². The molecule has 1 aromatic carbocycles. The summed E-state index contributed by atoms with van der Waals surface area (Å²) in [5.41, 5.74) is 1.18. The summed E-state index contributed by atoms with van der Waals surface area (Å²) in [5, 5.41) is 6.90. The van der Waals surface area contributed by atoms with Crippen LogP contribution < -0.4 is 15.4 Å². The number of aliphatic imine (C=N–C) groups is 1. The molecule has 1 aromatic rings. The van der Waals surface area contributed by atoms with E-state index in [2.05, 4.69) is 39.7 Å². The van der Waals surface area contributed by atoms with Gasteiger partial charge >= 0.3 is 0 Å². The zero-order chi connectivity index (χ0) is 18.6. The number of hydrogen-bond donors (Lipinski definition) is 2. The molecule has 1 aliphatic rings. The topological polar surface area (TPSA) is 58.1 Å². The van der Waals surface area contributed by atoms with Gasteiger partial charge in [0.1, 0.15) is 12.4 Å². The van der Waals surface area contributed by atoms with Gasteiger partial charge in [-0.3, -0.25) is 4.99 Å². The fraction of sp³-hybridized carbons (Fsp3) is 0.650. The van der Waals surface area contributed by atoms with E-state index in [0.29, 0.717) is 12.6 Å². The molecule has 0 radical (unpaired) electrons. The molecular weight excluding hydrogens is 455 g/mol. The first-order chi connectivity index (χ1) is 12.7. The van der Waals surface area contributed by atoms with Crippen molar-refractivity contribution < 1.29 is 9.47 Å². The molecular formula is C20H35IN4O2. The molecule has 2 rings (SSSR count). The monoisotopic (exact) mass is 490 g/mol. The highest BCUT2D eigenvalue weighted by Crippen LogP contribution is 2.17. The average molecular weight is 490 g/mol. The molecule has 0 bridgehead atoms. The van der Waals surface area contributed by atoms with Crippen LogP contribution in [-0.4, -0.2) is 64.4 Å². The summed E-state index contributed by atoms with van der Waals surface area (Å²) >= 11 is 0. The van der Waals surface area contributed by atoms with Gasteiger partial charge in [-0.25, -0.2) is 0 Å². The van der Waals surface area contributed by atoms with Crippen molar-refractivity contribution in [3.05, 3.63) is 29.8 Å². The largest absolute Gasteiger partial charge is 0.492 e. The van der Waals surface area contributed by atoms with Gasteiger partial charge in [-0.1, -0.05) is 25.0 Å². The van der Waals surface area contributed by atoms with Crippen molar-refractivity contribution in [2.45, 2.75) is 38.3 Å². The van der Waals surface area contributed by atoms with Crippen molar-refractivity contribution in [2.75, 3.05) is 47.5 Å². The third-order valence-electron chi connectivity index (χ3n) is 4.70. The lowest BCUT2D eigenvalue weighted by Crippen LogP contribution is -2.41. The Hall–Kier alpha value is -1.06. The van der Waals surface area contributed by atoms with Crippen LogP contribution in [0.2, 0.25) is 0 Å². The molecule has 7 heteroatoms. The zero-order valence-electron chi connectivity index (χ0n) is 16.9. The number of guanidine groups is 1. The lowest BCUT2D eigenvalue weighted by molar-refractivity contribution is 0.150. The summed E-state index contributed by atoms with van der Waals surface area (Å²) in [6.45, 7) is 3.94. The number of nitrogens with zero attached hydrogens (tertiary/aromatic N) is 2. The van der Waals surface area contributed by atoms with Gasteiger partial charge in [-0.2, -0.15) is 0 Å². The van der Waals surface area contributed by atoms with Crippen LogP contribution in [0.1, 0.15) is 31.2 Å². The lowest BCUT2D eigenvalue weighted by atomic mass is 10.2. The van der Waals surface area contributed by atoms with E-state index in [4.69, 9.17) is 9.47 Å². The molecule has 1 aliphatic carbocycles. The van der Waals surface area contributed by atoms with Crippen LogP contribution in [0.4, 0.5) is 0 Å². The number of halogens is 1. The number of rotatable bonds is 10. The van der Waals surface area contributed by atoms with Crippen LogP contribution >= 0.6 is 24.0 Å². The summed E-state index contributed by atoms with van der Waals surface area (Å²) in [6, 6.07) is 8.79. The van der Waals surface area contributed by atoms with E-state index in [1.807, 2.05) is 19.2 Å². The minimum Gasteiger partial charge on any atom is -0.492 e. The molecule has 0 aromatic heterocycles. The summed E-state index contributed by atoms with van der Waals surface area (Å²) in [6.07, 6.45) is 5.11. The number of hydrogen-bond acceptors (Lipinski definition) is 4. The van der Waals surface area contributed by atoms with Crippen molar-refractivity contribution >= 4 is 29.9 Å². The molecule has 0 aliphatic heterocycles. The number of nitrogens with one attached hydrogen (secondary N) is 2. The fourth-order valence-electron chi connectivity index (χ4n) is 3.07. The van der Waals surface area contributed by atoms with E-state index < -0.39 is 0 Å². The highest BCUT2D eigenvalue weighted by Gasteiger charge is 2.15. The lowest BCUT2D eigenvalue weighted by Gasteiger charge is -2.18. The predicted molar refractivity (Wildman–Crippen MR) is 122 cm³/mol. The van der Waals surface area contributed by atoms with Gasteiger partial charge in [0.15, 0.2) is 5.96 Å². The first kappa shape index (κ1) is 24.0. The Labute approximate surface area is 181 Å². The number of ether oxygens (including phenoxy) is 2. The Morgan fingerprint density at radius 1 is 1.22 bits per heavy atom. The minimum absolute atomic E-state index is 0. The molecule has 0 amide bonds. The quantitative estimate of drug-likeness (QED) is 0.300. The molecule has 0 saturated heterocycles. The Morgan fingerprint density at radius 2 is 1.96 bits per heavy atom. The Kier molecular flexibility index (Phi) is 12.4. The SMILES string of the molecule is CN=C(NCc1cccc(OCCN(C)CCOC)c1)NC1CCCC1.I. The third kappa shape index (κ3) is 9.62. The Balaban J connectivity index is 0.00000364. The van der Waals surface area contributed by atoms with Crippen molar-refractivity contribution in [3.8, 4) is 5.75 Å². The van der Waals surface area contributed by atoms with E-state index in [1.165, 1.54) is 31.2 Å². The maximum atomic E-state index is 5.88. The molecule has 0 heterocycles. The summed E-state index contributed by atoms with van der Waals surface area (Å²) in [5.74, 6) is 1.78. The summed E-state index contributed by atoms with van der Waals surface area (Å²) in [4.78, 5) is 6.53. The van der Waals surface area contributed by atoms with E-state index in [9.17, 15) is 0 Å². The van der Waals surface area contributed by atoms with E-state index in [-0.39, 0.29) is 24.0 Å². The second kappa shape index (κ2) is 14.0. The standard InChI is InChI=1S/C20H34N4O2.HI/c1-21-20(23-18-8-4-5-9-18)22-16-17-7-6-10-19(15-17)26-14-12-24(2)11-13-25-3;/h6-7,10,15,18H,4-5,8-9,11-14,16H2,1-3H3,(H2,21,22,23);1H. The fourth-order valence-corrected chi connectivity index (χ4v) is 3.07. The molecule has 1 saturated carbocycles. The molecule has 0 unspecified atom stereocenters. The van der Waals surface area contributed by atoms with Gasteiger partial charge in [-0.15, -0.1) is 24.0 Å². The Morgan fingerprint density at radius 3 is 2.67 bits per heavy atom. The van der Waals surface area contributed by atoms with Gasteiger partial charge in [0.05, 0.1) is 6.61 Å². The van der Waals surface area contributed by atoms with Crippen molar-refractivity contribution in [3.63, 3.8) is 0 Å². The third-order valence-corrected chi connectivity index (χ3v) is 4.70. The molecule has 6 nitrogen and oxygen atoms in total. The smallest absolute Gasteiger partial charge is 0.191 e. The summed E-state index contributed by atoms with van der Waals surface area (Å²) in [7, 11) is 5.62. The zero-order valence-corrected chi connectivity index (χ0v) is 19.2. The highest BCUT2D eigenvalue weighted by atomic mass is 127. The van der Waals surface area contributed by atoms with Crippen molar-refractivity contribution in [1.82, 2.24) is 15.5 Å². The predicted octanol–water partition coefficient (Wildman–Crippen LogP) is 2.87.